The second kappa shape index (κ2) is 4.74. The van der Waals surface area contributed by atoms with Crippen molar-refractivity contribution in [2.24, 2.45) is 0 Å². The van der Waals surface area contributed by atoms with Crippen LogP contribution in [0.15, 0.2) is 12.3 Å². The van der Waals surface area contributed by atoms with Gasteiger partial charge in [-0.1, -0.05) is 0 Å². The lowest BCUT2D eigenvalue weighted by atomic mass is 9.98. The summed E-state index contributed by atoms with van der Waals surface area (Å²) in [6.07, 6.45) is 1.57. The number of aryl methyl sites for hydroxylation is 1. The van der Waals surface area contributed by atoms with Crippen LogP contribution in [-0.4, -0.2) is 40.1 Å². The molecule has 1 fully saturated rings. The van der Waals surface area contributed by atoms with Crippen LogP contribution >= 0.6 is 0 Å². The van der Waals surface area contributed by atoms with Gasteiger partial charge in [0.15, 0.2) is 0 Å². The number of hydrogen-bond acceptors (Lipinski definition) is 4. The van der Waals surface area contributed by atoms with Gasteiger partial charge in [0.1, 0.15) is 0 Å². The van der Waals surface area contributed by atoms with Gasteiger partial charge >= 0.3 is 0 Å². The summed E-state index contributed by atoms with van der Waals surface area (Å²) in [5.74, 6) is -0.0354. The Balaban J connectivity index is 2.31. The summed E-state index contributed by atoms with van der Waals surface area (Å²) in [6.45, 7) is 10.9. The largest absolute Gasteiger partial charge is 0.397 e. The molecular weight excluding hydrogens is 254 g/mol. The number of hydrogen-bond donors (Lipinski definition) is 1. The van der Waals surface area contributed by atoms with E-state index in [9.17, 15) is 4.79 Å². The number of carbonyl (C=O) groups excluding carboxylic acids is 1. The highest BCUT2D eigenvalue weighted by Crippen LogP contribution is 2.29. The van der Waals surface area contributed by atoms with Gasteiger partial charge in [0.25, 0.3) is 5.91 Å². The van der Waals surface area contributed by atoms with Crippen molar-refractivity contribution in [3.8, 4) is 0 Å². The van der Waals surface area contributed by atoms with E-state index in [1.165, 1.54) is 0 Å². The Morgan fingerprint density at radius 1 is 1.30 bits per heavy atom. The predicted octanol–water partition coefficient (Wildman–Crippen LogP) is 2.00. The lowest BCUT2D eigenvalue weighted by Gasteiger charge is -2.47. The smallest absolute Gasteiger partial charge is 0.255 e. The minimum atomic E-state index is -0.362. The van der Waals surface area contributed by atoms with E-state index in [4.69, 9.17) is 10.5 Å². The van der Waals surface area contributed by atoms with Crippen LogP contribution in [0.5, 0.6) is 0 Å². The molecule has 0 aliphatic carbocycles. The highest BCUT2D eigenvalue weighted by molar-refractivity contribution is 5.96. The zero-order valence-electron chi connectivity index (χ0n) is 12.9. The number of pyridine rings is 1. The molecule has 20 heavy (non-hydrogen) atoms. The van der Waals surface area contributed by atoms with E-state index in [-0.39, 0.29) is 17.1 Å². The fraction of sp³-hybridized carbons (Fsp3) is 0.600. The minimum Gasteiger partial charge on any atom is -0.397 e. The first-order chi connectivity index (χ1) is 9.10. The Bertz CT molecular complexity index is 522. The third-order valence-corrected chi connectivity index (χ3v) is 3.32. The molecule has 0 atom stereocenters. The van der Waals surface area contributed by atoms with Crippen molar-refractivity contribution < 1.29 is 9.53 Å². The first kappa shape index (κ1) is 14.8. The summed E-state index contributed by atoms with van der Waals surface area (Å²) in [6, 6.07) is 1.69. The molecule has 2 heterocycles. The molecule has 1 aromatic heterocycles. The van der Waals surface area contributed by atoms with Gasteiger partial charge in [-0.05, 0) is 40.7 Å². The Kier molecular flexibility index (Phi) is 3.50. The first-order valence-electron chi connectivity index (χ1n) is 6.81. The van der Waals surface area contributed by atoms with E-state index in [0.29, 0.717) is 30.0 Å². The van der Waals surface area contributed by atoms with Gasteiger partial charge in [0, 0.05) is 13.1 Å². The highest BCUT2D eigenvalue weighted by atomic mass is 16.5. The van der Waals surface area contributed by atoms with E-state index >= 15 is 0 Å². The zero-order valence-corrected chi connectivity index (χ0v) is 12.9. The molecule has 1 aromatic rings. The van der Waals surface area contributed by atoms with Crippen molar-refractivity contribution >= 4 is 11.6 Å². The van der Waals surface area contributed by atoms with E-state index in [2.05, 4.69) is 4.98 Å². The molecule has 0 saturated carbocycles. The molecule has 0 spiro atoms. The van der Waals surface area contributed by atoms with E-state index in [1.807, 2.05) is 39.5 Å². The van der Waals surface area contributed by atoms with Crippen LogP contribution < -0.4 is 5.73 Å². The monoisotopic (exact) mass is 277 g/mol. The van der Waals surface area contributed by atoms with Gasteiger partial charge in [0.2, 0.25) is 0 Å². The predicted molar refractivity (Wildman–Crippen MR) is 78.5 cm³/mol. The standard InChI is InChI=1S/C15H23N3O2/c1-10-12(6-11(16)7-17-10)13(19)18-8-14(2,3)20-15(4,5)9-18/h6-7H,8-9,16H2,1-5H3. The van der Waals surface area contributed by atoms with Crippen molar-refractivity contribution in [1.82, 2.24) is 9.88 Å². The van der Waals surface area contributed by atoms with Crippen molar-refractivity contribution in [3.63, 3.8) is 0 Å². The van der Waals surface area contributed by atoms with Gasteiger partial charge in [-0.2, -0.15) is 0 Å². The van der Waals surface area contributed by atoms with E-state index < -0.39 is 0 Å². The summed E-state index contributed by atoms with van der Waals surface area (Å²) in [7, 11) is 0. The van der Waals surface area contributed by atoms with Crippen LogP contribution in [0.2, 0.25) is 0 Å². The number of nitrogens with zero attached hydrogens (tertiary/aromatic N) is 2. The zero-order chi connectivity index (χ0) is 15.1. The number of aromatic nitrogens is 1. The summed E-state index contributed by atoms with van der Waals surface area (Å²) in [4.78, 5) is 18.7. The normalized spacial score (nSPS) is 20.8. The summed E-state index contributed by atoms with van der Waals surface area (Å²) >= 11 is 0. The molecule has 5 nitrogen and oxygen atoms in total. The SMILES string of the molecule is Cc1ncc(N)cc1C(=O)N1CC(C)(C)OC(C)(C)C1. The van der Waals surface area contributed by atoms with E-state index in [0.717, 1.165) is 0 Å². The molecule has 1 amide bonds. The van der Waals surface area contributed by atoms with Crippen LogP contribution in [-0.2, 0) is 4.74 Å². The van der Waals surface area contributed by atoms with Crippen molar-refractivity contribution in [2.45, 2.75) is 45.8 Å². The van der Waals surface area contributed by atoms with Crippen LogP contribution in [0, 0.1) is 6.92 Å². The first-order valence-corrected chi connectivity index (χ1v) is 6.81. The number of ether oxygens (including phenoxy) is 1. The lowest BCUT2D eigenvalue weighted by molar-refractivity contribution is -0.171. The van der Waals surface area contributed by atoms with Gasteiger partial charge in [-0.3, -0.25) is 9.78 Å². The number of rotatable bonds is 1. The van der Waals surface area contributed by atoms with Crippen LogP contribution in [0.25, 0.3) is 0 Å². The van der Waals surface area contributed by atoms with Gasteiger partial charge in [-0.25, -0.2) is 0 Å². The maximum Gasteiger partial charge on any atom is 0.255 e. The Morgan fingerprint density at radius 3 is 2.40 bits per heavy atom. The topological polar surface area (TPSA) is 68.5 Å². The molecule has 0 radical (unpaired) electrons. The second-order valence-corrected chi connectivity index (χ2v) is 6.68. The maximum absolute atomic E-state index is 12.7. The number of anilines is 1. The minimum absolute atomic E-state index is 0.0354. The molecule has 110 valence electrons. The molecule has 2 N–H and O–H groups in total. The van der Waals surface area contributed by atoms with E-state index in [1.54, 1.807) is 12.3 Å². The molecule has 1 aliphatic heterocycles. The van der Waals surface area contributed by atoms with Crippen LogP contribution in [0.4, 0.5) is 5.69 Å². The van der Waals surface area contributed by atoms with Crippen molar-refractivity contribution in [2.75, 3.05) is 18.8 Å². The molecule has 0 aromatic carbocycles. The third kappa shape index (κ3) is 3.10. The number of morpholine rings is 1. The average molecular weight is 277 g/mol. The fourth-order valence-corrected chi connectivity index (χ4v) is 2.87. The number of nitrogen functional groups attached to an aromatic ring is 1. The molecule has 2 rings (SSSR count). The number of carbonyl (C=O) groups is 1. The average Bonchev–Trinajstić information content (AvgIpc) is 2.27. The second-order valence-electron chi connectivity index (χ2n) is 6.68. The fourth-order valence-electron chi connectivity index (χ4n) is 2.87. The number of nitrogens with two attached hydrogens (primary N) is 1. The quantitative estimate of drug-likeness (QED) is 0.852. The summed E-state index contributed by atoms with van der Waals surface area (Å²) < 4.78 is 6.00. The van der Waals surface area contributed by atoms with Crippen LogP contribution in [0.3, 0.4) is 0 Å². The number of amides is 1. The van der Waals surface area contributed by atoms with Crippen LogP contribution in [0.1, 0.15) is 43.7 Å². The summed E-state index contributed by atoms with van der Waals surface area (Å²) in [5.41, 5.74) is 6.79. The molecule has 0 bridgehead atoms. The molecule has 1 aliphatic rings. The maximum atomic E-state index is 12.7. The molecular formula is C15H23N3O2. The Hall–Kier alpha value is -1.62. The Labute approximate surface area is 120 Å². The molecule has 0 unspecified atom stereocenters. The summed E-state index contributed by atoms with van der Waals surface area (Å²) in [5, 5.41) is 0. The molecule has 5 heteroatoms. The van der Waals surface area contributed by atoms with Gasteiger partial charge in [0.05, 0.1) is 34.3 Å². The molecule has 1 saturated heterocycles. The van der Waals surface area contributed by atoms with Gasteiger partial charge < -0.3 is 15.4 Å². The highest BCUT2D eigenvalue weighted by Gasteiger charge is 2.40. The van der Waals surface area contributed by atoms with Gasteiger partial charge in [-0.15, -0.1) is 0 Å². The Morgan fingerprint density at radius 2 is 1.85 bits per heavy atom. The van der Waals surface area contributed by atoms with Crippen molar-refractivity contribution in [3.05, 3.63) is 23.5 Å². The van der Waals surface area contributed by atoms with Crippen molar-refractivity contribution in [1.29, 1.82) is 0 Å². The third-order valence-electron chi connectivity index (χ3n) is 3.32. The lowest BCUT2D eigenvalue weighted by Crippen LogP contribution is -2.58.